The third-order valence-electron chi connectivity index (χ3n) is 7.74. The van der Waals surface area contributed by atoms with Gasteiger partial charge in [-0.05, 0) is 61.4 Å². The molecule has 1 unspecified atom stereocenters. The summed E-state index contributed by atoms with van der Waals surface area (Å²) >= 11 is 0. The number of aromatic nitrogens is 4. The first-order valence-corrected chi connectivity index (χ1v) is 13.7. The number of hydrogen-bond acceptors (Lipinski definition) is 7. The lowest BCUT2D eigenvalue weighted by Crippen LogP contribution is -2.42. The van der Waals surface area contributed by atoms with Crippen LogP contribution in [0.4, 0.5) is 11.6 Å². The summed E-state index contributed by atoms with van der Waals surface area (Å²) in [4.78, 5) is 52.8. The zero-order chi connectivity index (χ0) is 27.8. The van der Waals surface area contributed by atoms with Crippen LogP contribution in [0.5, 0.6) is 0 Å². The van der Waals surface area contributed by atoms with Crippen LogP contribution in [0.1, 0.15) is 72.6 Å². The van der Waals surface area contributed by atoms with E-state index in [1.54, 1.807) is 36.4 Å². The molecule has 3 aromatic heterocycles. The maximum atomic E-state index is 12.9. The van der Waals surface area contributed by atoms with Crippen molar-refractivity contribution in [3.8, 4) is 11.3 Å². The maximum Gasteiger partial charge on any atom is 0.289 e. The summed E-state index contributed by atoms with van der Waals surface area (Å²) in [5.41, 5.74) is 10.1. The van der Waals surface area contributed by atoms with Crippen molar-refractivity contribution >= 4 is 34.8 Å². The van der Waals surface area contributed by atoms with E-state index in [0.29, 0.717) is 47.4 Å². The number of carbonyl (C=O) groups excluding carboxylic acids is 3. The van der Waals surface area contributed by atoms with Gasteiger partial charge in [-0.2, -0.15) is 0 Å². The molecular formula is C30H31N7O3. The van der Waals surface area contributed by atoms with E-state index in [1.807, 2.05) is 34.9 Å². The van der Waals surface area contributed by atoms with Gasteiger partial charge in [0, 0.05) is 55.1 Å². The number of nitrogens with zero attached hydrogens (tertiary/aromatic N) is 5. The third-order valence-corrected chi connectivity index (χ3v) is 7.74. The molecule has 40 heavy (non-hydrogen) atoms. The number of carbonyl (C=O) groups is 3. The number of anilines is 2. The summed E-state index contributed by atoms with van der Waals surface area (Å²) in [7, 11) is 0. The maximum absolute atomic E-state index is 12.9. The predicted molar refractivity (Wildman–Crippen MR) is 151 cm³/mol. The molecule has 4 heterocycles. The van der Waals surface area contributed by atoms with Crippen LogP contribution in [0.2, 0.25) is 0 Å². The van der Waals surface area contributed by atoms with Gasteiger partial charge in [0.05, 0.1) is 0 Å². The molecule has 1 aliphatic heterocycles. The van der Waals surface area contributed by atoms with Gasteiger partial charge in [0.25, 0.3) is 11.8 Å². The summed E-state index contributed by atoms with van der Waals surface area (Å²) < 4.78 is 1.93. The van der Waals surface area contributed by atoms with E-state index in [2.05, 4.69) is 15.3 Å². The van der Waals surface area contributed by atoms with Crippen LogP contribution in [0.15, 0.2) is 55.0 Å². The fourth-order valence-corrected chi connectivity index (χ4v) is 5.43. The Balaban J connectivity index is 1.27. The minimum atomic E-state index is -0.433. The first kappa shape index (κ1) is 25.7. The van der Waals surface area contributed by atoms with Gasteiger partial charge in [0.15, 0.2) is 0 Å². The number of nitrogens with two attached hydrogens (primary N) is 1. The van der Waals surface area contributed by atoms with E-state index < -0.39 is 5.91 Å². The topological polar surface area (TPSA) is 136 Å². The second-order valence-electron chi connectivity index (χ2n) is 10.5. The fourth-order valence-electron chi connectivity index (χ4n) is 5.43. The number of Topliss-reactive ketones (excluding diaryl/α,β-unsaturated/α-hetero) is 1. The Morgan fingerprint density at radius 3 is 2.58 bits per heavy atom. The SMILES string of the molecule is CCC(=O)C(=O)N1CCCC(c2nc(-c3ccc(C(=O)Nc4cc(C5CC5)ccn4)cc3)c3c(N)nccn23)C1. The number of pyridine rings is 1. The van der Waals surface area contributed by atoms with Crippen molar-refractivity contribution in [3.05, 3.63) is 71.9 Å². The molecule has 1 saturated carbocycles. The quantitative estimate of drug-likeness (QED) is 0.338. The summed E-state index contributed by atoms with van der Waals surface area (Å²) in [5, 5.41) is 2.90. The Morgan fingerprint density at radius 1 is 1.02 bits per heavy atom. The van der Waals surface area contributed by atoms with E-state index >= 15 is 0 Å². The molecule has 10 nitrogen and oxygen atoms in total. The van der Waals surface area contributed by atoms with Crippen LogP contribution >= 0.6 is 0 Å². The second kappa shape index (κ2) is 10.5. The average Bonchev–Trinajstić information content (AvgIpc) is 3.77. The highest BCUT2D eigenvalue weighted by atomic mass is 16.2. The Kier molecular flexibility index (Phi) is 6.75. The lowest BCUT2D eigenvalue weighted by Gasteiger charge is -2.31. The number of amides is 2. The number of nitrogens with one attached hydrogen (secondary N) is 1. The number of imidazole rings is 1. The molecular weight excluding hydrogens is 506 g/mol. The zero-order valence-electron chi connectivity index (χ0n) is 22.3. The molecule has 6 rings (SSSR count). The normalized spacial score (nSPS) is 17.1. The van der Waals surface area contributed by atoms with Gasteiger partial charge in [0.2, 0.25) is 5.78 Å². The highest BCUT2D eigenvalue weighted by molar-refractivity contribution is 6.36. The van der Waals surface area contributed by atoms with Crippen molar-refractivity contribution in [3.63, 3.8) is 0 Å². The summed E-state index contributed by atoms with van der Waals surface area (Å²) in [5.74, 6) is 1.12. The molecule has 10 heteroatoms. The van der Waals surface area contributed by atoms with Crippen molar-refractivity contribution in [2.24, 2.45) is 0 Å². The molecule has 2 aliphatic rings. The van der Waals surface area contributed by atoms with Crippen LogP contribution in [0.25, 0.3) is 16.8 Å². The lowest BCUT2D eigenvalue weighted by atomic mass is 9.96. The van der Waals surface area contributed by atoms with Crippen LogP contribution in [-0.2, 0) is 9.59 Å². The fraction of sp³-hybridized carbons (Fsp3) is 0.333. The summed E-state index contributed by atoms with van der Waals surface area (Å²) in [6.45, 7) is 2.68. The van der Waals surface area contributed by atoms with Crippen LogP contribution in [-0.4, -0.2) is 54.9 Å². The number of piperidine rings is 1. The summed E-state index contributed by atoms with van der Waals surface area (Å²) in [6.07, 6.45) is 9.34. The van der Waals surface area contributed by atoms with Crippen LogP contribution < -0.4 is 11.1 Å². The molecule has 1 aliphatic carbocycles. The molecule has 2 fully saturated rings. The molecule has 0 bridgehead atoms. The van der Waals surface area contributed by atoms with Crippen molar-refractivity contribution in [2.75, 3.05) is 24.1 Å². The van der Waals surface area contributed by atoms with Gasteiger partial charge in [0.1, 0.15) is 28.7 Å². The Bertz CT molecular complexity index is 1610. The molecule has 1 aromatic carbocycles. The van der Waals surface area contributed by atoms with Crippen molar-refractivity contribution in [1.29, 1.82) is 0 Å². The molecule has 1 atom stereocenters. The Hall–Kier alpha value is -4.60. The highest BCUT2D eigenvalue weighted by Gasteiger charge is 2.31. The minimum Gasteiger partial charge on any atom is -0.382 e. The number of nitrogen functional groups attached to an aromatic ring is 1. The van der Waals surface area contributed by atoms with Gasteiger partial charge in [-0.1, -0.05) is 19.1 Å². The highest BCUT2D eigenvalue weighted by Crippen LogP contribution is 2.40. The minimum absolute atomic E-state index is 0.0608. The van der Waals surface area contributed by atoms with E-state index in [4.69, 9.17) is 10.7 Å². The second-order valence-corrected chi connectivity index (χ2v) is 10.5. The molecule has 4 aromatic rings. The number of likely N-dealkylation sites (tertiary alicyclic amines) is 1. The van der Waals surface area contributed by atoms with E-state index in [9.17, 15) is 14.4 Å². The molecule has 204 valence electrons. The van der Waals surface area contributed by atoms with Gasteiger partial charge in [-0.15, -0.1) is 0 Å². The monoisotopic (exact) mass is 537 g/mol. The Labute approximate surface area is 231 Å². The number of fused-ring (bicyclic) bond motifs is 1. The smallest absolute Gasteiger partial charge is 0.289 e. The van der Waals surface area contributed by atoms with E-state index in [-0.39, 0.29) is 24.0 Å². The number of ketones is 1. The van der Waals surface area contributed by atoms with Gasteiger partial charge in [-0.3, -0.25) is 18.8 Å². The van der Waals surface area contributed by atoms with Gasteiger partial charge >= 0.3 is 0 Å². The molecule has 0 spiro atoms. The predicted octanol–water partition coefficient (Wildman–Crippen LogP) is 4.19. The number of rotatable bonds is 7. The molecule has 0 radical (unpaired) electrons. The zero-order valence-corrected chi connectivity index (χ0v) is 22.3. The lowest BCUT2D eigenvalue weighted by molar-refractivity contribution is -0.145. The average molecular weight is 538 g/mol. The van der Waals surface area contributed by atoms with E-state index in [0.717, 1.165) is 24.2 Å². The van der Waals surface area contributed by atoms with Gasteiger partial charge < -0.3 is 16.0 Å². The first-order chi connectivity index (χ1) is 19.4. The van der Waals surface area contributed by atoms with E-state index in [1.165, 1.54) is 18.4 Å². The molecule has 3 N–H and O–H groups in total. The summed E-state index contributed by atoms with van der Waals surface area (Å²) in [6, 6.07) is 11.1. The number of benzene rings is 1. The number of hydrogen-bond donors (Lipinski definition) is 2. The molecule has 1 saturated heterocycles. The standard InChI is InChI=1S/C30H31N7O3/c1-2-23(38)30(40)36-14-3-4-22(17-36)28-35-25(26-27(31)33-13-15-37(26)28)19-7-9-20(10-8-19)29(39)34-24-16-21(11-12-32-24)18-5-6-18/h7-13,15-16,18,22H,2-6,14,17H2,1H3,(H2,31,33)(H,32,34,39). The Morgan fingerprint density at radius 2 is 1.82 bits per heavy atom. The van der Waals surface area contributed by atoms with Crippen molar-refractivity contribution in [2.45, 2.75) is 50.9 Å². The largest absolute Gasteiger partial charge is 0.382 e. The third kappa shape index (κ3) is 4.92. The molecule has 2 amide bonds. The van der Waals surface area contributed by atoms with Gasteiger partial charge in [-0.25, -0.2) is 15.0 Å². The first-order valence-electron chi connectivity index (χ1n) is 13.7. The van der Waals surface area contributed by atoms with Crippen molar-refractivity contribution < 1.29 is 14.4 Å². The van der Waals surface area contributed by atoms with Crippen LogP contribution in [0, 0.1) is 0 Å². The van der Waals surface area contributed by atoms with Crippen LogP contribution in [0.3, 0.4) is 0 Å². The van der Waals surface area contributed by atoms with Crippen molar-refractivity contribution in [1.82, 2.24) is 24.3 Å².